The van der Waals surface area contributed by atoms with Gasteiger partial charge in [-0.2, -0.15) is 0 Å². The van der Waals surface area contributed by atoms with Crippen molar-refractivity contribution in [3.05, 3.63) is 36.5 Å². The number of carbonyl (C=O) groups is 1. The van der Waals surface area contributed by atoms with E-state index < -0.39 is 18.2 Å². The van der Waals surface area contributed by atoms with E-state index >= 15 is 0 Å². The van der Waals surface area contributed by atoms with E-state index in [1.54, 1.807) is 6.08 Å². The summed E-state index contributed by atoms with van der Waals surface area (Å²) >= 11 is 0. The highest BCUT2D eigenvalue weighted by Crippen LogP contribution is 2.18. The summed E-state index contributed by atoms with van der Waals surface area (Å²) in [7, 11) is 0. The molecule has 0 aliphatic carbocycles. The Morgan fingerprint density at radius 1 is 0.388 bits per heavy atom. The first-order valence-corrected chi connectivity index (χ1v) is 30.3. The molecule has 0 aliphatic heterocycles. The minimum atomic E-state index is -0.929. The number of aliphatic hydroxyl groups excluding tert-OH is 3. The smallest absolute Gasteiger partial charge is 0.222 e. The van der Waals surface area contributed by atoms with Crippen LogP contribution in [0.25, 0.3) is 0 Å². The highest BCUT2D eigenvalue weighted by atomic mass is 16.3. The molecule has 0 fully saturated rings. The van der Waals surface area contributed by atoms with Crippen molar-refractivity contribution in [1.82, 2.24) is 5.32 Å². The lowest BCUT2D eigenvalue weighted by Crippen LogP contribution is -2.45. The Morgan fingerprint density at radius 2 is 0.672 bits per heavy atom. The second-order valence-electron chi connectivity index (χ2n) is 21.0. The van der Waals surface area contributed by atoms with Crippen LogP contribution in [0.2, 0.25) is 0 Å². The second-order valence-corrected chi connectivity index (χ2v) is 21.0. The molecule has 0 saturated carbocycles. The third-order valence-electron chi connectivity index (χ3n) is 14.2. The molecule has 0 rings (SSSR count). The molecule has 3 atom stereocenters. The number of amides is 1. The van der Waals surface area contributed by atoms with Crippen molar-refractivity contribution in [1.29, 1.82) is 0 Å². The van der Waals surface area contributed by atoms with Gasteiger partial charge < -0.3 is 20.6 Å². The maximum Gasteiger partial charge on any atom is 0.222 e. The zero-order chi connectivity index (χ0) is 48.6. The van der Waals surface area contributed by atoms with Crippen LogP contribution in [-0.4, -0.2) is 46.1 Å². The molecule has 0 spiro atoms. The summed E-state index contributed by atoms with van der Waals surface area (Å²) in [6, 6.07) is -0.745. The molecule has 5 heteroatoms. The summed E-state index contributed by atoms with van der Waals surface area (Å²) in [5, 5.41) is 33.5. The molecule has 396 valence electrons. The van der Waals surface area contributed by atoms with Crippen LogP contribution >= 0.6 is 0 Å². The topological polar surface area (TPSA) is 89.8 Å². The highest BCUT2D eigenvalue weighted by Gasteiger charge is 2.20. The first-order chi connectivity index (χ1) is 33.0. The first kappa shape index (κ1) is 65.6. The van der Waals surface area contributed by atoms with Crippen LogP contribution in [-0.2, 0) is 4.79 Å². The average molecular weight is 943 g/mol. The van der Waals surface area contributed by atoms with Crippen molar-refractivity contribution in [3.8, 4) is 0 Å². The summed E-state index contributed by atoms with van der Waals surface area (Å²) in [6.45, 7) is 4.25. The van der Waals surface area contributed by atoms with Crippen LogP contribution in [0.1, 0.15) is 328 Å². The maximum absolute atomic E-state index is 12.5. The van der Waals surface area contributed by atoms with Crippen molar-refractivity contribution in [3.63, 3.8) is 0 Å². The highest BCUT2D eigenvalue weighted by molar-refractivity contribution is 5.76. The predicted octanol–water partition coefficient (Wildman–Crippen LogP) is 19.0. The Morgan fingerprint density at radius 3 is 0.985 bits per heavy atom. The van der Waals surface area contributed by atoms with Crippen molar-refractivity contribution in [2.75, 3.05) is 6.61 Å². The summed E-state index contributed by atoms with van der Waals surface area (Å²) in [5.74, 6) is -0.311. The van der Waals surface area contributed by atoms with E-state index in [2.05, 4.69) is 43.5 Å². The molecule has 0 aliphatic rings. The Bertz CT molecular complexity index is 1040. The van der Waals surface area contributed by atoms with E-state index in [9.17, 15) is 20.1 Å². The van der Waals surface area contributed by atoms with Gasteiger partial charge >= 0.3 is 0 Å². The molecule has 67 heavy (non-hydrogen) atoms. The second kappa shape index (κ2) is 57.2. The van der Waals surface area contributed by atoms with E-state index in [-0.39, 0.29) is 18.9 Å². The van der Waals surface area contributed by atoms with Crippen LogP contribution in [0, 0.1) is 0 Å². The third kappa shape index (κ3) is 53.8. The lowest BCUT2D eigenvalue weighted by molar-refractivity contribution is -0.124. The number of allylic oxidation sites excluding steroid dienone is 5. The average Bonchev–Trinajstić information content (AvgIpc) is 3.32. The quantitative estimate of drug-likeness (QED) is 0.0361. The first-order valence-electron chi connectivity index (χ1n) is 30.3. The van der Waals surface area contributed by atoms with Gasteiger partial charge in [0, 0.05) is 0 Å². The third-order valence-corrected chi connectivity index (χ3v) is 14.2. The number of unbranched alkanes of at least 4 members (excludes halogenated alkanes) is 43. The minimum absolute atomic E-state index is 0.0155. The molecule has 0 aromatic carbocycles. The Hall–Kier alpha value is -1.43. The van der Waals surface area contributed by atoms with Crippen LogP contribution in [0.15, 0.2) is 36.5 Å². The number of carbonyl (C=O) groups excluding carboxylic acids is 1. The Balaban J connectivity index is 3.53. The SMILES string of the molecule is CCCCCCCCCCC/C=C\C/C=C\CCCCCCCCCCCCCCCCCC(O)CC(=O)NC(CO)C(O)/C=C/CCCCCCCCCCCCCCCCCCCCC. The summed E-state index contributed by atoms with van der Waals surface area (Å²) in [6.07, 6.45) is 74.9. The van der Waals surface area contributed by atoms with Crippen molar-refractivity contribution >= 4 is 5.91 Å². The molecule has 3 unspecified atom stereocenters. The van der Waals surface area contributed by atoms with Gasteiger partial charge in [-0.1, -0.05) is 307 Å². The van der Waals surface area contributed by atoms with Crippen LogP contribution in [0.4, 0.5) is 0 Å². The number of hydrogen-bond donors (Lipinski definition) is 4. The lowest BCUT2D eigenvalue weighted by Gasteiger charge is -2.21. The van der Waals surface area contributed by atoms with Gasteiger partial charge in [-0.05, 0) is 51.4 Å². The fourth-order valence-electron chi connectivity index (χ4n) is 9.55. The molecule has 0 saturated heterocycles. The fourth-order valence-corrected chi connectivity index (χ4v) is 9.55. The normalized spacial score (nSPS) is 13.4. The van der Waals surface area contributed by atoms with E-state index in [1.807, 2.05) is 6.08 Å². The molecule has 5 nitrogen and oxygen atoms in total. The van der Waals surface area contributed by atoms with E-state index in [1.165, 1.54) is 270 Å². The van der Waals surface area contributed by atoms with Gasteiger partial charge in [0.25, 0.3) is 0 Å². The zero-order valence-corrected chi connectivity index (χ0v) is 45.3. The zero-order valence-electron chi connectivity index (χ0n) is 45.3. The Labute approximate surface area is 419 Å². The number of nitrogens with one attached hydrogen (secondary N) is 1. The van der Waals surface area contributed by atoms with Gasteiger partial charge in [0.1, 0.15) is 0 Å². The molecular weight excluding hydrogens is 823 g/mol. The van der Waals surface area contributed by atoms with Gasteiger partial charge in [-0.15, -0.1) is 0 Å². The van der Waals surface area contributed by atoms with Crippen molar-refractivity contribution in [2.24, 2.45) is 0 Å². The molecular formula is C62H119NO4. The van der Waals surface area contributed by atoms with Gasteiger partial charge in [-0.3, -0.25) is 4.79 Å². The van der Waals surface area contributed by atoms with Gasteiger partial charge in [-0.25, -0.2) is 0 Å². The molecule has 0 bridgehead atoms. The van der Waals surface area contributed by atoms with E-state index in [0.717, 1.165) is 32.1 Å². The van der Waals surface area contributed by atoms with Gasteiger partial charge in [0.2, 0.25) is 5.91 Å². The molecule has 0 aromatic rings. The predicted molar refractivity (Wildman–Crippen MR) is 296 cm³/mol. The molecule has 0 aromatic heterocycles. The van der Waals surface area contributed by atoms with E-state index in [0.29, 0.717) is 6.42 Å². The molecule has 0 heterocycles. The van der Waals surface area contributed by atoms with Crippen LogP contribution < -0.4 is 5.32 Å². The number of rotatable bonds is 56. The number of hydrogen-bond acceptors (Lipinski definition) is 4. The minimum Gasteiger partial charge on any atom is -0.394 e. The largest absolute Gasteiger partial charge is 0.394 e. The van der Waals surface area contributed by atoms with Crippen LogP contribution in [0.5, 0.6) is 0 Å². The number of aliphatic hydroxyl groups is 3. The standard InChI is InChI=1S/C62H119NO4/c1-3-5-7-9-11-13-15-17-19-21-23-25-26-27-28-29-30-31-32-33-34-36-37-39-41-43-45-47-49-51-53-55-59(65)57-62(67)63-60(58-64)61(66)56-54-52-50-48-46-44-42-40-38-35-24-22-20-18-16-14-12-10-8-6-4-2/h23,25,27-28,54,56,59-61,64-66H,3-22,24,26,29-53,55,57-58H2,1-2H3,(H,63,67)/b25-23-,28-27-,56-54+. The molecule has 1 amide bonds. The summed E-state index contributed by atoms with van der Waals surface area (Å²) in [4.78, 5) is 12.5. The monoisotopic (exact) mass is 942 g/mol. The maximum atomic E-state index is 12.5. The molecule has 4 N–H and O–H groups in total. The summed E-state index contributed by atoms with van der Waals surface area (Å²) < 4.78 is 0. The fraction of sp³-hybridized carbons (Fsp3) is 0.887. The van der Waals surface area contributed by atoms with Gasteiger partial charge in [0.15, 0.2) is 0 Å². The lowest BCUT2D eigenvalue weighted by atomic mass is 10.0. The Kier molecular flexibility index (Phi) is 55.9. The summed E-state index contributed by atoms with van der Waals surface area (Å²) in [5.41, 5.74) is 0. The van der Waals surface area contributed by atoms with Crippen molar-refractivity contribution < 1.29 is 20.1 Å². The van der Waals surface area contributed by atoms with Crippen molar-refractivity contribution in [2.45, 2.75) is 347 Å². The molecule has 0 radical (unpaired) electrons. The van der Waals surface area contributed by atoms with Gasteiger partial charge in [0.05, 0.1) is 31.3 Å². The van der Waals surface area contributed by atoms with Crippen LogP contribution in [0.3, 0.4) is 0 Å². The van der Waals surface area contributed by atoms with E-state index in [4.69, 9.17) is 0 Å².